The van der Waals surface area contributed by atoms with Crippen molar-refractivity contribution in [2.45, 2.75) is 25.7 Å². The minimum atomic E-state index is -2.11. The minimum Gasteiger partial charge on any atom is -0.317 e. The quantitative estimate of drug-likeness (QED) is 0.660. The van der Waals surface area contributed by atoms with Gasteiger partial charge in [-0.05, 0) is 32.4 Å². The Balaban J connectivity index is 0.000001000. The first-order valence-corrected chi connectivity index (χ1v) is 3.79. The van der Waals surface area contributed by atoms with E-state index in [9.17, 15) is 8.78 Å². The Morgan fingerprint density at radius 1 is 1.18 bits per heavy atom. The summed E-state index contributed by atoms with van der Waals surface area (Å²) in [7, 11) is 0. The summed E-state index contributed by atoms with van der Waals surface area (Å²) in [6.07, 6.45) is 0.108. The maximum atomic E-state index is 12.1. The molecule has 1 N–H and O–H groups in total. The molecule has 0 saturated carbocycles. The first kappa shape index (κ1) is 11.1. The van der Waals surface area contributed by atoms with Crippen molar-refractivity contribution >= 4 is 12.4 Å². The zero-order chi connectivity index (χ0) is 7.40. The van der Waals surface area contributed by atoms with Crippen molar-refractivity contribution in [3.8, 4) is 0 Å². The Labute approximate surface area is 72.0 Å². The smallest absolute Gasteiger partial charge is 0.241 e. The molecule has 1 unspecified atom stereocenters. The van der Waals surface area contributed by atoms with E-state index in [1.807, 2.05) is 0 Å². The van der Waals surface area contributed by atoms with Gasteiger partial charge in [0.15, 0.2) is 0 Å². The molecule has 1 rings (SSSR count). The molecule has 0 spiro atoms. The summed E-state index contributed by atoms with van der Waals surface area (Å²) in [5.74, 6) is -0.352. The van der Waals surface area contributed by atoms with Crippen LogP contribution in [0.5, 0.6) is 0 Å². The summed E-state index contributed by atoms with van der Waals surface area (Å²) in [5, 5.41) is 3.10. The molecule has 1 heterocycles. The van der Waals surface area contributed by atoms with E-state index >= 15 is 0 Å². The van der Waals surface area contributed by atoms with Crippen molar-refractivity contribution in [3.05, 3.63) is 0 Å². The number of halogens is 3. The van der Waals surface area contributed by atoms with Crippen molar-refractivity contribution in [1.82, 2.24) is 5.32 Å². The molecule has 0 bridgehead atoms. The van der Waals surface area contributed by atoms with E-state index in [1.54, 1.807) is 0 Å². The van der Waals surface area contributed by atoms with E-state index in [-0.39, 0.29) is 18.3 Å². The second kappa shape index (κ2) is 5.72. The highest BCUT2D eigenvalue weighted by Crippen LogP contribution is 2.20. The third-order valence-corrected chi connectivity index (χ3v) is 1.98. The Morgan fingerprint density at radius 2 is 1.91 bits per heavy atom. The lowest BCUT2D eigenvalue weighted by molar-refractivity contribution is 0.0705. The van der Waals surface area contributed by atoms with Crippen LogP contribution < -0.4 is 5.32 Å². The van der Waals surface area contributed by atoms with Gasteiger partial charge in [0.1, 0.15) is 0 Å². The van der Waals surface area contributed by atoms with Crippen LogP contribution in [0, 0.1) is 5.92 Å². The largest absolute Gasteiger partial charge is 0.317 e. The second-order valence-corrected chi connectivity index (χ2v) is 2.78. The third kappa shape index (κ3) is 3.87. The predicted octanol–water partition coefficient (Wildman–Crippen LogP) is 2.06. The first-order chi connectivity index (χ1) is 4.80. The highest BCUT2D eigenvalue weighted by molar-refractivity contribution is 5.85. The highest BCUT2D eigenvalue weighted by Gasteiger charge is 2.20. The maximum Gasteiger partial charge on any atom is 0.241 e. The van der Waals surface area contributed by atoms with Crippen molar-refractivity contribution in [1.29, 1.82) is 0 Å². The molecule has 0 aromatic heterocycles. The Morgan fingerprint density at radius 3 is 2.55 bits per heavy atom. The van der Waals surface area contributed by atoms with Crippen molar-refractivity contribution in [2.75, 3.05) is 13.1 Å². The Kier molecular flexibility index (Phi) is 5.78. The first-order valence-electron chi connectivity index (χ1n) is 3.79. The van der Waals surface area contributed by atoms with Crippen LogP contribution in [0.1, 0.15) is 19.3 Å². The molecular formula is C7H14ClF2N. The molecule has 1 fully saturated rings. The van der Waals surface area contributed by atoms with Gasteiger partial charge >= 0.3 is 0 Å². The second-order valence-electron chi connectivity index (χ2n) is 2.78. The van der Waals surface area contributed by atoms with Gasteiger partial charge in [-0.1, -0.05) is 0 Å². The molecule has 1 aliphatic heterocycles. The molecule has 1 nitrogen and oxygen atoms in total. The predicted molar refractivity (Wildman–Crippen MR) is 43.5 cm³/mol. The fraction of sp³-hybridized carbons (Fsp3) is 1.00. The number of hydrogen-bond donors (Lipinski definition) is 1. The summed E-state index contributed by atoms with van der Waals surface area (Å²) in [6.45, 7) is 1.66. The molecular weight excluding hydrogens is 172 g/mol. The Bertz CT molecular complexity index is 92.4. The van der Waals surface area contributed by atoms with Crippen molar-refractivity contribution < 1.29 is 8.78 Å². The van der Waals surface area contributed by atoms with Crippen LogP contribution >= 0.6 is 12.4 Å². The van der Waals surface area contributed by atoms with Crippen LogP contribution in [0.25, 0.3) is 0 Å². The summed E-state index contributed by atoms with van der Waals surface area (Å²) in [5.41, 5.74) is 0. The molecule has 0 aromatic carbocycles. The molecule has 1 atom stereocenters. The van der Waals surface area contributed by atoms with Crippen LogP contribution in [0.2, 0.25) is 0 Å². The molecule has 4 heteroatoms. The van der Waals surface area contributed by atoms with Crippen molar-refractivity contribution in [3.63, 3.8) is 0 Å². The van der Waals surface area contributed by atoms with E-state index in [1.165, 1.54) is 0 Å². The van der Waals surface area contributed by atoms with Crippen LogP contribution in [0.3, 0.4) is 0 Å². The fourth-order valence-corrected chi connectivity index (χ4v) is 1.30. The molecule has 0 radical (unpaired) electrons. The molecule has 0 aromatic rings. The molecule has 0 amide bonds. The van der Waals surface area contributed by atoms with Gasteiger partial charge in [-0.3, -0.25) is 0 Å². The lowest BCUT2D eigenvalue weighted by Gasteiger charge is -2.10. The molecule has 1 saturated heterocycles. The topological polar surface area (TPSA) is 12.0 Å². The van der Waals surface area contributed by atoms with E-state index in [2.05, 4.69) is 5.32 Å². The number of hydrogen-bond acceptors (Lipinski definition) is 1. The monoisotopic (exact) mass is 185 g/mol. The van der Waals surface area contributed by atoms with E-state index in [0.29, 0.717) is 12.8 Å². The average molecular weight is 186 g/mol. The highest BCUT2D eigenvalue weighted by atomic mass is 35.5. The van der Waals surface area contributed by atoms with Gasteiger partial charge in [-0.15, -0.1) is 12.4 Å². The van der Waals surface area contributed by atoms with Gasteiger partial charge < -0.3 is 5.32 Å². The minimum absolute atomic E-state index is 0. The van der Waals surface area contributed by atoms with Gasteiger partial charge in [0.05, 0.1) is 0 Å². The van der Waals surface area contributed by atoms with Crippen LogP contribution in [0.4, 0.5) is 8.78 Å². The van der Waals surface area contributed by atoms with E-state index in [4.69, 9.17) is 0 Å². The molecule has 68 valence electrons. The van der Waals surface area contributed by atoms with Crippen LogP contribution in [-0.2, 0) is 0 Å². The molecule has 0 aliphatic carbocycles. The van der Waals surface area contributed by atoms with Gasteiger partial charge in [-0.2, -0.15) is 0 Å². The number of nitrogens with one attached hydrogen (secondary N) is 1. The summed E-state index contributed by atoms with van der Waals surface area (Å²) >= 11 is 0. The normalized spacial score (nSPS) is 25.9. The fourth-order valence-electron chi connectivity index (χ4n) is 1.30. The zero-order valence-corrected chi connectivity index (χ0v) is 7.17. The maximum absolute atomic E-state index is 12.1. The van der Waals surface area contributed by atoms with Gasteiger partial charge in [0, 0.05) is 5.92 Å². The SMILES string of the molecule is Cl.FC(F)C1CCCNCC1. The summed E-state index contributed by atoms with van der Waals surface area (Å²) in [6, 6.07) is 0. The summed E-state index contributed by atoms with van der Waals surface area (Å²) < 4.78 is 24.1. The van der Waals surface area contributed by atoms with E-state index in [0.717, 1.165) is 19.5 Å². The van der Waals surface area contributed by atoms with Gasteiger partial charge in [-0.25, -0.2) is 8.78 Å². The number of alkyl halides is 2. The summed E-state index contributed by atoms with van der Waals surface area (Å²) in [4.78, 5) is 0. The van der Waals surface area contributed by atoms with Gasteiger partial charge in [0.25, 0.3) is 0 Å². The lowest BCUT2D eigenvalue weighted by Crippen LogP contribution is -2.16. The lowest BCUT2D eigenvalue weighted by atomic mass is 10.0. The molecule has 1 aliphatic rings. The van der Waals surface area contributed by atoms with Crippen LogP contribution in [0.15, 0.2) is 0 Å². The van der Waals surface area contributed by atoms with E-state index < -0.39 is 6.43 Å². The number of rotatable bonds is 1. The van der Waals surface area contributed by atoms with Crippen molar-refractivity contribution in [2.24, 2.45) is 5.92 Å². The standard InChI is InChI=1S/C7H13F2N.ClH/c8-7(9)6-2-1-4-10-5-3-6;/h6-7,10H,1-5H2;1H. The van der Waals surface area contributed by atoms with Gasteiger partial charge in [0.2, 0.25) is 6.43 Å². The van der Waals surface area contributed by atoms with Crippen LogP contribution in [-0.4, -0.2) is 19.5 Å². The Hall–Kier alpha value is 0.110. The average Bonchev–Trinajstić information content (AvgIpc) is 2.12. The third-order valence-electron chi connectivity index (χ3n) is 1.98. The zero-order valence-electron chi connectivity index (χ0n) is 6.35. The molecule has 11 heavy (non-hydrogen) atoms.